The molecular weight excluding hydrogens is 350 g/mol. The van der Waals surface area contributed by atoms with Gasteiger partial charge in [0.15, 0.2) is 5.58 Å². The van der Waals surface area contributed by atoms with Crippen molar-refractivity contribution >= 4 is 41.1 Å². The number of carbonyl (C=O) groups is 1. The second-order valence-electron chi connectivity index (χ2n) is 5.15. The minimum atomic E-state index is -0.237. The fraction of sp³-hybridized carbons (Fsp3) is 0.105. The lowest BCUT2D eigenvalue weighted by atomic mass is 10.2. The zero-order valence-corrected chi connectivity index (χ0v) is 14.9. The van der Waals surface area contributed by atoms with Gasteiger partial charge in [0.2, 0.25) is 0 Å². The van der Waals surface area contributed by atoms with E-state index in [1.165, 1.54) is 18.0 Å². The summed E-state index contributed by atoms with van der Waals surface area (Å²) < 4.78 is 10.8. The second kappa shape index (κ2) is 8.87. The van der Waals surface area contributed by atoms with Gasteiger partial charge in [-0.3, -0.25) is 4.79 Å². The van der Waals surface area contributed by atoms with Gasteiger partial charge in [-0.2, -0.15) is 5.10 Å². The zero-order chi connectivity index (χ0) is 18.2. The van der Waals surface area contributed by atoms with Crippen molar-refractivity contribution in [3.63, 3.8) is 0 Å². The Labute approximate surface area is 154 Å². The number of thioether (sulfide) groups is 1. The molecule has 0 unspecified atom stereocenters. The summed E-state index contributed by atoms with van der Waals surface area (Å²) in [6, 6.07) is 15.1. The van der Waals surface area contributed by atoms with E-state index in [-0.39, 0.29) is 11.7 Å². The van der Waals surface area contributed by atoms with E-state index >= 15 is 0 Å². The number of oxazole rings is 1. The highest BCUT2D eigenvalue weighted by molar-refractivity contribution is 7.99. The number of hydrazone groups is 1. The molecule has 2 aromatic carbocycles. The number of rotatable bonds is 7. The summed E-state index contributed by atoms with van der Waals surface area (Å²) >= 11 is 1.22. The van der Waals surface area contributed by atoms with Crippen LogP contribution in [0.2, 0.25) is 0 Å². The molecule has 1 aromatic heterocycles. The summed E-state index contributed by atoms with van der Waals surface area (Å²) in [6.45, 7) is 0. The van der Waals surface area contributed by atoms with Crippen molar-refractivity contribution in [3.05, 3.63) is 60.2 Å². The average molecular weight is 367 g/mol. The molecule has 0 radical (unpaired) electrons. The highest BCUT2D eigenvalue weighted by Crippen LogP contribution is 2.22. The van der Waals surface area contributed by atoms with E-state index < -0.39 is 0 Å². The molecule has 3 rings (SSSR count). The average Bonchev–Trinajstić information content (AvgIpc) is 3.09. The molecule has 0 aliphatic heterocycles. The van der Waals surface area contributed by atoms with Crippen LogP contribution in [-0.4, -0.2) is 30.0 Å². The molecule has 3 aromatic rings. The molecule has 0 spiro atoms. The first-order chi connectivity index (χ1) is 12.8. The number of ether oxygens (including phenoxy) is 1. The number of amides is 1. The molecule has 0 bridgehead atoms. The Balaban J connectivity index is 1.46. The molecule has 6 nitrogen and oxygen atoms in total. The fourth-order valence-electron chi connectivity index (χ4n) is 2.18. The Hall–Kier alpha value is -3.06. The molecule has 0 saturated carbocycles. The SMILES string of the molecule is COc1ccccc1C=CC=NNC(=O)CSc1nc2ccccc2o1. The Morgan fingerprint density at radius 1 is 1.27 bits per heavy atom. The summed E-state index contributed by atoms with van der Waals surface area (Å²) in [5, 5.41) is 4.34. The van der Waals surface area contributed by atoms with Crippen molar-refractivity contribution in [2.75, 3.05) is 12.9 Å². The van der Waals surface area contributed by atoms with Gasteiger partial charge in [-0.15, -0.1) is 0 Å². The summed E-state index contributed by atoms with van der Waals surface area (Å²) in [5.74, 6) is 0.704. The topological polar surface area (TPSA) is 76.7 Å². The monoisotopic (exact) mass is 367 g/mol. The lowest BCUT2D eigenvalue weighted by Gasteiger charge is -2.02. The first kappa shape index (κ1) is 17.8. The third kappa shape index (κ3) is 4.73. The van der Waals surface area contributed by atoms with Crippen LogP contribution in [0.15, 0.2) is 69.3 Å². The smallest absolute Gasteiger partial charge is 0.257 e. The molecule has 1 N–H and O–H groups in total. The maximum atomic E-state index is 11.8. The number of methoxy groups -OCH3 is 1. The van der Waals surface area contributed by atoms with Crippen molar-refractivity contribution in [2.45, 2.75) is 5.22 Å². The first-order valence-electron chi connectivity index (χ1n) is 7.86. The minimum absolute atomic E-state index is 0.167. The number of benzene rings is 2. The van der Waals surface area contributed by atoms with E-state index in [0.717, 1.165) is 16.8 Å². The molecule has 1 heterocycles. The van der Waals surface area contributed by atoms with Gasteiger partial charge in [0.05, 0.1) is 12.9 Å². The molecule has 132 valence electrons. The highest BCUT2D eigenvalue weighted by atomic mass is 32.2. The van der Waals surface area contributed by atoms with E-state index in [9.17, 15) is 4.79 Å². The maximum Gasteiger partial charge on any atom is 0.257 e. The molecule has 26 heavy (non-hydrogen) atoms. The quantitative estimate of drug-likeness (QED) is 0.391. The van der Waals surface area contributed by atoms with Crippen LogP contribution >= 0.6 is 11.8 Å². The Morgan fingerprint density at radius 2 is 2.08 bits per heavy atom. The number of nitrogens with one attached hydrogen (secondary N) is 1. The number of aromatic nitrogens is 1. The molecule has 0 aliphatic rings. The number of hydrogen-bond donors (Lipinski definition) is 1. The van der Waals surface area contributed by atoms with Crippen LogP contribution in [0.1, 0.15) is 5.56 Å². The van der Waals surface area contributed by atoms with Gasteiger partial charge in [-0.05, 0) is 30.4 Å². The lowest BCUT2D eigenvalue weighted by molar-refractivity contribution is -0.118. The van der Waals surface area contributed by atoms with E-state index in [2.05, 4.69) is 15.5 Å². The summed E-state index contributed by atoms with van der Waals surface area (Å²) in [4.78, 5) is 16.1. The van der Waals surface area contributed by atoms with Gasteiger partial charge in [0.25, 0.3) is 11.1 Å². The standard InChI is InChI=1S/C19H17N3O3S/c1-24-16-10-4-2-7-14(16)8-6-12-20-22-18(23)13-26-19-21-15-9-3-5-11-17(15)25-19/h2-12H,13H2,1H3,(H,22,23). The summed E-state index contributed by atoms with van der Waals surface area (Å²) in [5.41, 5.74) is 4.87. The van der Waals surface area contributed by atoms with Crippen LogP contribution in [0.4, 0.5) is 0 Å². The molecule has 1 amide bonds. The van der Waals surface area contributed by atoms with Crippen LogP contribution in [-0.2, 0) is 4.79 Å². The highest BCUT2D eigenvalue weighted by Gasteiger charge is 2.08. The maximum absolute atomic E-state index is 11.8. The zero-order valence-electron chi connectivity index (χ0n) is 14.1. The normalized spacial score (nSPS) is 11.4. The molecular formula is C19H17N3O3S. The minimum Gasteiger partial charge on any atom is -0.496 e. The molecule has 0 fully saturated rings. The fourth-order valence-corrected chi connectivity index (χ4v) is 2.81. The first-order valence-corrected chi connectivity index (χ1v) is 8.85. The molecule has 0 saturated heterocycles. The number of para-hydroxylation sites is 3. The summed E-state index contributed by atoms with van der Waals surface area (Å²) in [7, 11) is 1.62. The van der Waals surface area contributed by atoms with Crippen LogP contribution in [0.3, 0.4) is 0 Å². The third-order valence-electron chi connectivity index (χ3n) is 3.37. The third-order valence-corrected chi connectivity index (χ3v) is 4.19. The molecule has 7 heteroatoms. The lowest BCUT2D eigenvalue weighted by Crippen LogP contribution is -2.19. The number of fused-ring (bicyclic) bond motifs is 1. The largest absolute Gasteiger partial charge is 0.496 e. The summed E-state index contributed by atoms with van der Waals surface area (Å²) in [6.07, 6.45) is 5.09. The number of carbonyl (C=O) groups excluding carboxylic acids is 1. The second-order valence-corrected chi connectivity index (χ2v) is 6.08. The van der Waals surface area contributed by atoms with E-state index in [1.807, 2.05) is 54.6 Å². The molecule has 0 aliphatic carbocycles. The number of allylic oxidation sites excluding steroid dienone is 1. The Kier molecular flexibility index (Phi) is 6.05. The van der Waals surface area contributed by atoms with Gasteiger partial charge in [0.1, 0.15) is 11.3 Å². The van der Waals surface area contributed by atoms with Crippen LogP contribution in [0.5, 0.6) is 5.75 Å². The Morgan fingerprint density at radius 3 is 2.92 bits per heavy atom. The van der Waals surface area contributed by atoms with E-state index in [1.54, 1.807) is 13.2 Å². The van der Waals surface area contributed by atoms with Crippen molar-refractivity contribution in [1.82, 2.24) is 10.4 Å². The predicted octanol–water partition coefficient (Wildman–Crippen LogP) is 3.74. The van der Waals surface area contributed by atoms with Crippen molar-refractivity contribution < 1.29 is 13.9 Å². The van der Waals surface area contributed by atoms with E-state index in [4.69, 9.17) is 9.15 Å². The van der Waals surface area contributed by atoms with Crippen molar-refractivity contribution in [2.24, 2.45) is 5.10 Å². The van der Waals surface area contributed by atoms with Crippen LogP contribution in [0, 0.1) is 0 Å². The van der Waals surface area contributed by atoms with Crippen LogP contribution < -0.4 is 10.2 Å². The van der Waals surface area contributed by atoms with Crippen LogP contribution in [0.25, 0.3) is 17.2 Å². The van der Waals surface area contributed by atoms with Gasteiger partial charge >= 0.3 is 0 Å². The van der Waals surface area contributed by atoms with Gasteiger partial charge in [-0.1, -0.05) is 42.1 Å². The van der Waals surface area contributed by atoms with Gasteiger partial charge < -0.3 is 9.15 Å². The van der Waals surface area contributed by atoms with Crippen molar-refractivity contribution in [3.8, 4) is 5.75 Å². The van der Waals surface area contributed by atoms with Gasteiger partial charge in [0, 0.05) is 11.8 Å². The number of hydrogen-bond acceptors (Lipinski definition) is 6. The van der Waals surface area contributed by atoms with Gasteiger partial charge in [-0.25, -0.2) is 10.4 Å². The predicted molar refractivity (Wildman–Crippen MR) is 103 cm³/mol. The number of nitrogens with zero attached hydrogens (tertiary/aromatic N) is 2. The molecule has 0 atom stereocenters. The van der Waals surface area contributed by atoms with E-state index in [0.29, 0.717) is 10.8 Å². The Bertz CT molecular complexity index is 917. The van der Waals surface area contributed by atoms with Crippen molar-refractivity contribution in [1.29, 1.82) is 0 Å².